The molecule has 5 atom stereocenters. The highest BCUT2D eigenvalue weighted by atomic mass is 16.6. The first-order valence-corrected chi connectivity index (χ1v) is 15.8. The van der Waals surface area contributed by atoms with Crippen LogP contribution in [0.5, 0.6) is 0 Å². The van der Waals surface area contributed by atoms with Gasteiger partial charge in [-0.15, -0.1) is 0 Å². The van der Waals surface area contributed by atoms with Gasteiger partial charge in [-0.1, -0.05) is 73.3 Å². The number of hydrogen-bond acceptors (Lipinski definition) is 9. The minimum atomic E-state index is -2.08. The topological polar surface area (TPSA) is 173 Å². The van der Waals surface area contributed by atoms with Crippen LogP contribution in [0.15, 0.2) is 73.3 Å². The average molecular weight is 667 g/mol. The van der Waals surface area contributed by atoms with Crippen LogP contribution in [0.4, 0.5) is 4.79 Å². The summed E-state index contributed by atoms with van der Waals surface area (Å²) in [5, 5.41) is 18.5. The molecule has 1 saturated heterocycles. The standard InChI is InChI=1S/C35H46N4O9/c1-6-20-46-33(44)26-18-13-19-39(26)32(43)27(23(2)47-22-25-16-11-8-12-17-25)37-30(41)28(38-34(45)48-35(3,4)5)29(40)31(42)36-21-24-14-9-7-10-15-24/h6-12,14-17,23,26-29,40H,1,13,18-22H2,2-5H3,(H,36,42)(H,37,41)(H,38,45)/t23-,26+,27+,28+,29-/m1/s1. The minimum Gasteiger partial charge on any atom is -0.460 e. The number of benzene rings is 2. The van der Waals surface area contributed by atoms with E-state index in [1.54, 1.807) is 52.0 Å². The van der Waals surface area contributed by atoms with Crippen molar-refractivity contribution in [2.24, 2.45) is 0 Å². The molecule has 0 saturated carbocycles. The van der Waals surface area contributed by atoms with E-state index < -0.39 is 65.7 Å². The van der Waals surface area contributed by atoms with E-state index in [2.05, 4.69) is 22.5 Å². The molecule has 13 nitrogen and oxygen atoms in total. The number of amides is 4. The highest BCUT2D eigenvalue weighted by Crippen LogP contribution is 2.21. The van der Waals surface area contributed by atoms with Crippen LogP contribution in [0.1, 0.15) is 51.7 Å². The minimum absolute atomic E-state index is 0.0314. The smallest absolute Gasteiger partial charge is 0.408 e. The number of aliphatic hydroxyl groups excluding tert-OH is 1. The summed E-state index contributed by atoms with van der Waals surface area (Å²) in [4.78, 5) is 67.9. The molecular weight excluding hydrogens is 620 g/mol. The van der Waals surface area contributed by atoms with Crippen LogP contribution in [-0.2, 0) is 46.5 Å². The maximum Gasteiger partial charge on any atom is 0.408 e. The van der Waals surface area contributed by atoms with Crippen molar-refractivity contribution in [3.05, 3.63) is 84.4 Å². The summed E-state index contributed by atoms with van der Waals surface area (Å²) in [6.07, 6.45) is -1.82. The van der Waals surface area contributed by atoms with E-state index >= 15 is 0 Å². The fourth-order valence-corrected chi connectivity index (χ4v) is 4.98. The molecular formula is C35H46N4O9. The molecule has 0 unspecified atom stereocenters. The molecule has 0 spiro atoms. The summed E-state index contributed by atoms with van der Waals surface area (Å²) < 4.78 is 16.5. The number of esters is 1. The number of rotatable bonds is 15. The Bertz CT molecular complexity index is 1400. The van der Waals surface area contributed by atoms with E-state index in [4.69, 9.17) is 14.2 Å². The highest BCUT2D eigenvalue weighted by Gasteiger charge is 2.43. The van der Waals surface area contributed by atoms with Crippen molar-refractivity contribution in [3.8, 4) is 0 Å². The van der Waals surface area contributed by atoms with Gasteiger partial charge in [0, 0.05) is 13.1 Å². The van der Waals surface area contributed by atoms with Crippen molar-refractivity contribution in [2.75, 3.05) is 13.2 Å². The molecule has 260 valence electrons. The third-order valence-corrected chi connectivity index (χ3v) is 7.39. The summed E-state index contributed by atoms with van der Waals surface area (Å²) in [7, 11) is 0. The predicted octanol–water partition coefficient (Wildman–Crippen LogP) is 2.37. The third kappa shape index (κ3) is 11.5. The zero-order valence-corrected chi connectivity index (χ0v) is 27.8. The number of nitrogens with one attached hydrogen (secondary N) is 3. The van der Waals surface area contributed by atoms with E-state index in [0.29, 0.717) is 12.8 Å². The molecule has 1 aliphatic heterocycles. The molecule has 0 aliphatic carbocycles. The van der Waals surface area contributed by atoms with E-state index in [9.17, 15) is 29.1 Å². The van der Waals surface area contributed by atoms with Gasteiger partial charge in [-0.05, 0) is 51.7 Å². The molecule has 1 heterocycles. The van der Waals surface area contributed by atoms with Crippen molar-refractivity contribution in [1.82, 2.24) is 20.9 Å². The first-order chi connectivity index (χ1) is 22.8. The van der Waals surface area contributed by atoms with Crippen LogP contribution in [0.25, 0.3) is 0 Å². The Labute approximate surface area is 281 Å². The van der Waals surface area contributed by atoms with Crippen LogP contribution >= 0.6 is 0 Å². The Morgan fingerprint density at radius 1 is 0.958 bits per heavy atom. The van der Waals surface area contributed by atoms with E-state index in [-0.39, 0.29) is 26.3 Å². The molecule has 4 amide bonds. The van der Waals surface area contributed by atoms with Crippen molar-refractivity contribution in [1.29, 1.82) is 0 Å². The van der Waals surface area contributed by atoms with Crippen LogP contribution in [-0.4, -0.2) is 88.9 Å². The van der Waals surface area contributed by atoms with Crippen molar-refractivity contribution >= 4 is 29.8 Å². The second-order valence-electron chi connectivity index (χ2n) is 12.4. The summed E-state index contributed by atoms with van der Waals surface area (Å²) in [6, 6.07) is 13.9. The lowest BCUT2D eigenvalue weighted by Gasteiger charge is -2.33. The predicted molar refractivity (Wildman–Crippen MR) is 176 cm³/mol. The lowest BCUT2D eigenvalue weighted by Crippen LogP contribution is -2.63. The Morgan fingerprint density at radius 3 is 2.19 bits per heavy atom. The Kier molecular flexibility index (Phi) is 14.1. The molecule has 0 aromatic heterocycles. The van der Waals surface area contributed by atoms with Crippen molar-refractivity contribution < 1.29 is 43.3 Å². The normalized spacial score (nSPS) is 16.9. The molecule has 0 radical (unpaired) electrons. The van der Waals surface area contributed by atoms with Crippen LogP contribution in [0.3, 0.4) is 0 Å². The van der Waals surface area contributed by atoms with Crippen LogP contribution < -0.4 is 16.0 Å². The van der Waals surface area contributed by atoms with Crippen LogP contribution in [0.2, 0.25) is 0 Å². The van der Waals surface area contributed by atoms with E-state index in [1.165, 1.54) is 11.0 Å². The number of carbonyl (C=O) groups is 5. The van der Waals surface area contributed by atoms with Gasteiger partial charge in [0.1, 0.15) is 30.3 Å². The van der Waals surface area contributed by atoms with Gasteiger partial charge in [0.2, 0.25) is 11.8 Å². The van der Waals surface area contributed by atoms with Crippen molar-refractivity contribution in [3.63, 3.8) is 0 Å². The maximum absolute atomic E-state index is 14.1. The number of nitrogens with zero attached hydrogens (tertiary/aromatic N) is 1. The van der Waals surface area contributed by atoms with Crippen LogP contribution in [0, 0.1) is 0 Å². The highest BCUT2D eigenvalue weighted by molar-refractivity contribution is 5.97. The molecule has 3 rings (SSSR count). The second kappa shape index (κ2) is 18.0. The largest absolute Gasteiger partial charge is 0.460 e. The fraction of sp³-hybridized carbons (Fsp3) is 0.457. The first kappa shape index (κ1) is 37.7. The quantitative estimate of drug-likeness (QED) is 0.165. The molecule has 2 aromatic carbocycles. The fourth-order valence-electron chi connectivity index (χ4n) is 4.98. The molecule has 1 fully saturated rings. The summed E-state index contributed by atoms with van der Waals surface area (Å²) >= 11 is 0. The molecule has 2 aromatic rings. The van der Waals surface area contributed by atoms with Gasteiger partial charge in [-0.3, -0.25) is 14.4 Å². The van der Waals surface area contributed by atoms with Crippen molar-refractivity contribution in [2.45, 2.75) is 89.6 Å². The van der Waals surface area contributed by atoms with E-state index in [0.717, 1.165) is 11.1 Å². The first-order valence-electron chi connectivity index (χ1n) is 15.8. The van der Waals surface area contributed by atoms with Gasteiger partial charge >= 0.3 is 12.1 Å². The van der Waals surface area contributed by atoms with Gasteiger partial charge in [0.25, 0.3) is 5.91 Å². The molecule has 4 N–H and O–H groups in total. The molecule has 13 heteroatoms. The molecule has 48 heavy (non-hydrogen) atoms. The van der Waals surface area contributed by atoms with Gasteiger partial charge < -0.3 is 40.2 Å². The number of aliphatic hydroxyl groups is 1. The summed E-state index contributed by atoms with van der Waals surface area (Å²) in [5.74, 6) is -3.25. The summed E-state index contributed by atoms with van der Waals surface area (Å²) in [6.45, 7) is 10.3. The number of hydrogen-bond donors (Lipinski definition) is 4. The summed E-state index contributed by atoms with van der Waals surface area (Å²) in [5.41, 5.74) is 0.583. The Balaban J connectivity index is 1.87. The Hall–Kier alpha value is -4.75. The number of alkyl carbamates (subject to hydrolysis) is 1. The lowest BCUT2D eigenvalue weighted by atomic mass is 10.1. The monoisotopic (exact) mass is 666 g/mol. The van der Waals surface area contributed by atoms with Gasteiger partial charge in [0.15, 0.2) is 6.10 Å². The third-order valence-electron chi connectivity index (χ3n) is 7.39. The zero-order chi connectivity index (χ0) is 35.3. The Morgan fingerprint density at radius 2 is 1.58 bits per heavy atom. The zero-order valence-electron chi connectivity index (χ0n) is 27.8. The number of likely N-dealkylation sites (tertiary alicyclic amines) is 1. The number of carbonyl (C=O) groups excluding carboxylic acids is 5. The maximum atomic E-state index is 14.1. The van der Waals surface area contributed by atoms with Gasteiger partial charge in [-0.2, -0.15) is 0 Å². The lowest BCUT2D eigenvalue weighted by molar-refractivity contribution is -0.155. The average Bonchev–Trinajstić information content (AvgIpc) is 3.56. The molecule has 0 bridgehead atoms. The molecule has 1 aliphatic rings. The number of ether oxygens (including phenoxy) is 3. The van der Waals surface area contributed by atoms with Gasteiger partial charge in [0.05, 0.1) is 12.7 Å². The van der Waals surface area contributed by atoms with E-state index in [1.807, 2.05) is 36.4 Å². The second-order valence-corrected chi connectivity index (χ2v) is 12.4. The van der Waals surface area contributed by atoms with Gasteiger partial charge in [-0.25, -0.2) is 9.59 Å². The SMILES string of the molecule is C=CCOC(=O)[C@@H]1CCCN1C(=O)[C@@H](NC(=O)[C@@H](NC(=O)OC(C)(C)C)[C@@H](O)C(=O)NCc1ccccc1)[C@@H](C)OCc1ccccc1.